The minimum absolute atomic E-state index is 0.445. The molecule has 0 saturated heterocycles. The number of aliphatic imine (C=N–C) groups is 1. The van der Waals surface area contributed by atoms with Gasteiger partial charge in [-0.05, 0) is 18.2 Å². The Morgan fingerprint density at radius 1 is 1.53 bits per heavy atom. The summed E-state index contributed by atoms with van der Waals surface area (Å²) >= 11 is 5.89. The van der Waals surface area contributed by atoms with Gasteiger partial charge in [0.25, 0.3) is 0 Å². The number of anilines is 1. The molecule has 1 aliphatic heterocycles. The molecular formula is C10H9ClN4. The van der Waals surface area contributed by atoms with Gasteiger partial charge in [0.2, 0.25) is 0 Å². The summed E-state index contributed by atoms with van der Waals surface area (Å²) in [6.07, 6.45) is 0. The van der Waals surface area contributed by atoms with Crippen LogP contribution in [0.15, 0.2) is 23.2 Å². The summed E-state index contributed by atoms with van der Waals surface area (Å²) in [5, 5.41) is 15.3. The molecule has 0 bridgehead atoms. The van der Waals surface area contributed by atoms with Crippen molar-refractivity contribution in [2.24, 2.45) is 4.99 Å². The third-order valence-electron chi connectivity index (χ3n) is 2.03. The predicted molar refractivity (Wildman–Crippen MR) is 60.1 cm³/mol. The average Bonchev–Trinajstić information content (AvgIpc) is 2.71. The van der Waals surface area contributed by atoms with E-state index < -0.39 is 0 Å². The summed E-state index contributed by atoms with van der Waals surface area (Å²) in [5.41, 5.74) is 1.30. The first-order valence-corrected chi connectivity index (χ1v) is 4.92. The van der Waals surface area contributed by atoms with Crippen molar-refractivity contribution in [1.82, 2.24) is 5.32 Å². The highest BCUT2D eigenvalue weighted by atomic mass is 35.5. The second-order valence-electron chi connectivity index (χ2n) is 3.09. The Balaban J connectivity index is 2.16. The highest BCUT2D eigenvalue weighted by Crippen LogP contribution is 2.20. The normalized spacial score (nSPS) is 14.0. The highest BCUT2D eigenvalue weighted by molar-refractivity contribution is 6.32. The van der Waals surface area contributed by atoms with Gasteiger partial charge in [-0.3, -0.25) is 4.99 Å². The number of hydrogen-bond donors (Lipinski definition) is 2. The molecule has 0 atom stereocenters. The number of rotatable bonds is 1. The van der Waals surface area contributed by atoms with Crippen LogP contribution in [0.25, 0.3) is 0 Å². The number of halogens is 1. The van der Waals surface area contributed by atoms with Crippen molar-refractivity contribution in [3.05, 3.63) is 28.8 Å². The number of hydrogen-bond acceptors (Lipinski definition) is 4. The van der Waals surface area contributed by atoms with E-state index in [1.807, 2.05) is 6.07 Å². The molecule has 1 aliphatic rings. The van der Waals surface area contributed by atoms with Gasteiger partial charge in [-0.25, -0.2) is 0 Å². The second-order valence-corrected chi connectivity index (χ2v) is 3.50. The zero-order valence-corrected chi connectivity index (χ0v) is 8.67. The van der Waals surface area contributed by atoms with Gasteiger partial charge < -0.3 is 10.6 Å². The van der Waals surface area contributed by atoms with Gasteiger partial charge in [-0.1, -0.05) is 11.6 Å². The lowest BCUT2D eigenvalue weighted by atomic mass is 10.2. The fourth-order valence-electron chi connectivity index (χ4n) is 1.30. The van der Waals surface area contributed by atoms with E-state index in [4.69, 9.17) is 16.9 Å². The summed E-state index contributed by atoms with van der Waals surface area (Å²) in [7, 11) is 0. The minimum atomic E-state index is 0.445. The first-order chi connectivity index (χ1) is 7.29. The summed E-state index contributed by atoms with van der Waals surface area (Å²) in [4.78, 5) is 4.19. The van der Waals surface area contributed by atoms with E-state index in [1.165, 1.54) is 0 Å². The molecule has 0 aromatic heterocycles. The van der Waals surface area contributed by atoms with Crippen LogP contribution in [0.3, 0.4) is 0 Å². The fraction of sp³-hybridized carbons (Fsp3) is 0.200. The molecule has 1 aromatic carbocycles. The first-order valence-electron chi connectivity index (χ1n) is 4.54. The highest BCUT2D eigenvalue weighted by Gasteiger charge is 2.06. The lowest BCUT2D eigenvalue weighted by Crippen LogP contribution is -2.26. The van der Waals surface area contributed by atoms with E-state index in [9.17, 15) is 0 Å². The number of nitriles is 1. The molecule has 1 heterocycles. The van der Waals surface area contributed by atoms with Gasteiger partial charge in [0.1, 0.15) is 6.07 Å². The van der Waals surface area contributed by atoms with Crippen LogP contribution in [0, 0.1) is 11.3 Å². The lowest BCUT2D eigenvalue weighted by molar-refractivity contribution is 0.959. The van der Waals surface area contributed by atoms with Crippen molar-refractivity contribution >= 4 is 23.2 Å². The van der Waals surface area contributed by atoms with E-state index in [0.29, 0.717) is 10.6 Å². The van der Waals surface area contributed by atoms with E-state index in [1.54, 1.807) is 18.2 Å². The molecule has 0 saturated carbocycles. The molecule has 0 fully saturated rings. The Kier molecular flexibility index (Phi) is 2.75. The Labute approximate surface area is 92.6 Å². The third kappa shape index (κ3) is 2.20. The first kappa shape index (κ1) is 9.81. The van der Waals surface area contributed by atoms with Crippen LogP contribution in [0.4, 0.5) is 5.69 Å². The molecule has 15 heavy (non-hydrogen) atoms. The molecular weight excluding hydrogens is 212 g/mol. The van der Waals surface area contributed by atoms with Crippen molar-refractivity contribution in [1.29, 1.82) is 5.26 Å². The smallest absolute Gasteiger partial charge is 0.195 e. The maximum absolute atomic E-state index is 8.70. The molecule has 1 aromatic rings. The Morgan fingerprint density at radius 2 is 2.40 bits per heavy atom. The number of nitrogens with one attached hydrogen (secondary N) is 2. The van der Waals surface area contributed by atoms with Crippen LogP contribution in [0.5, 0.6) is 0 Å². The number of benzene rings is 1. The van der Waals surface area contributed by atoms with Crippen molar-refractivity contribution in [3.8, 4) is 6.07 Å². The van der Waals surface area contributed by atoms with Crippen LogP contribution in [-0.4, -0.2) is 19.0 Å². The standard InChI is InChI=1S/C10H9ClN4/c11-9-5-8(2-1-7(9)6-12)15-10-13-3-4-14-10/h1-2,5H,3-4H2,(H2,13,14,15). The molecule has 5 heteroatoms. The summed E-state index contributed by atoms with van der Waals surface area (Å²) in [6, 6.07) is 7.20. The molecule has 0 aliphatic carbocycles. The average molecular weight is 221 g/mol. The Hall–Kier alpha value is -1.73. The van der Waals surface area contributed by atoms with Gasteiger partial charge in [-0.2, -0.15) is 5.26 Å². The van der Waals surface area contributed by atoms with Crippen LogP contribution >= 0.6 is 11.6 Å². The maximum Gasteiger partial charge on any atom is 0.195 e. The summed E-state index contributed by atoms with van der Waals surface area (Å²) < 4.78 is 0. The monoisotopic (exact) mass is 220 g/mol. The zero-order valence-electron chi connectivity index (χ0n) is 7.92. The summed E-state index contributed by atoms with van der Waals surface area (Å²) in [6.45, 7) is 1.64. The zero-order chi connectivity index (χ0) is 10.7. The second kappa shape index (κ2) is 4.20. The quantitative estimate of drug-likeness (QED) is 0.756. The van der Waals surface area contributed by atoms with Crippen LogP contribution < -0.4 is 10.6 Å². The Morgan fingerprint density at radius 3 is 3.00 bits per heavy atom. The SMILES string of the molecule is N#Cc1ccc(NC2=NCCN2)cc1Cl. The maximum atomic E-state index is 8.70. The van der Waals surface area contributed by atoms with Crippen molar-refractivity contribution in [3.63, 3.8) is 0 Å². The van der Waals surface area contributed by atoms with E-state index in [2.05, 4.69) is 15.6 Å². The van der Waals surface area contributed by atoms with Crippen molar-refractivity contribution in [2.45, 2.75) is 0 Å². The van der Waals surface area contributed by atoms with Gasteiger partial charge in [0, 0.05) is 12.2 Å². The fourth-order valence-corrected chi connectivity index (χ4v) is 1.52. The van der Waals surface area contributed by atoms with Crippen LogP contribution in [0.2, 0.25) is 5.02 Å². The predicted octanol–water partition coefficient (Wildman–Crippen LogP) is 1.58. The van der Waals surface area contributed by atoms with Gasteiger partial charge in [0.05, 0.1) is 17.1 Å². The van der Waals surface area contributed by atoms with Crippen LogP contribution in [0.1, 0.15) is 5.56 Å². The molecule has 0 unspecified atom stereocenters. The van der Waals surface area contributed by atoms with Gasteiger partial charge in [0.15, 0.2) is 5.96 Å². The number of guanidine groups is 1. The van der Waals surface area contributed by atoms with Crippen molar-refractivity contribution in [2.75, 3.05) is 18.4 Å². The lowest BCUT2D eigenvalue weighted by Gasteiger charge is -2.06. The molecule has 4 nitrogen and oxygen atoms in total. The summed E-state index contributed by atoms with van der Waals surface area (Å²) in [5.74, 6) is 0.746. The molecule has 0 radical (unpaired) electrons. The van der Waals surface area contributed by atoms with Crippen molar-refractivity contribution < 1.29 is 0 Å². The van der Waals surface area contributed by atoms with Gasteiger partial charge >= 0.3 is 0 Å². The van der Waals surface area contributed by atoms with Gasteiger partial charge in [-0.15, -0.1) is 0 Å². The molecule has 0 spiro atoms. The molecule has 76 valence electrons. The molecule has 0 amide bonds. The molecule has 2 rings (SSSR count). The topological polar surface area (TPSA) is 60.2 Å². The minimum Gasteiger partial charge on any atom is -0.354 e. The van der Waals surface area contributed by atoms with E-state index in [-0.39, 0.29) is 0 Å². The van der Waals surface area contributed by atoms with E-state index in [0.717, 1.165) is 24.7 Å². The third-order valence-corrected chi connectivity index (χ3v) is 2.34. The van der Waals surface area contributed by atoms with Crippen LogP contribution in [-0.2, 0) is 0 Å². The van der Waals surface area contributed by atoms with E-state index >= 15 is 0 Å². The molecule has 2 N–H and O–H groups in total. The number of nitrogens with zero attached hydrogens (tertiary/aromatic N) is 2. The largest absolute Gasteiger partial charge is 0.354 e. The Bertz CT molecular complexity index is 447.